The second-order valence-corrected chi connectivity index (χ2v) is 4.61. The third-order valence-electron chi connectivity index (χ3n) is 3.21. The van der Waals surface area contributed by atoms with Gasteiger partial charge in [0.15, 0.2) is 11.5 Å². The van der Waals surface area contributed by atoms with Gasteiger partial charge in [-0.3, -0.25) is 0 Å². The SMILES string of the molecule is CCOC(=O)c1cc(CNC2CCCCC2)on1. The predicted molar refractivity (Wildman–Crippen MR) is 66.2 cm³/mol. The maximum atomic E-state index is 11.4. The van der Waals surface area contributed by atoms with Crippen LogP contribution in [0.1, 0.15) is 55.3 Å². The van der Waals surface area contributed by atoms with Crippen LogP contribution in [0.25, 0.3) is 0 Å². The number of esters is 1. The van der Waals surface area contributed by atoms with E-state index >= 15 is 0 Å². The van der Waals surface area contributed by atoms with E-state index in [-0.39, 0.29) is 5.69 Å². The third kappa shape index (κ3) is 3.57. The molecule has 1 aliphatic rings. The summed E-state index contributed by atoms with van der Waals surface area (Å²) in [5.41, 5.74) is 0.247. The Morgan fingerprint density at radius 3 is 3.00 bits per heavy atom. The van der Waals surface area contributed by atoms with Gasteiger partial charge in [0.25, 0.3) is 0 Å². The molecule has 100 valence electrons. The van der Waals surface area contributed by atoms with Crippen LogP contribution in [-0.4, -0.2) is 23.8 Å². The van der Waals surface area contributed by atoms with Crippen molar-refractivity contribution in [3.63, 3.8) is 0 Å². The van der Waals surface area contributed by atoms with Crippen LogP contribution in [0, 0.1) is 0 Å². The molecule has 0 saturated heterocycles. The lowest BCUT2D eigenvalue weighted by Gasteiger charge is -2.22. The van der Waals surface area contributed by atoms with Gasteiger partial charge in [0.05, 0.1) is 13.2 Å². The molecule has 5 heteroatoms. The van der Waals surface area contributed by atoms with Crippen molar-refractivity contribution in [1.82, 2.24) is 10.5 Å². The van der Waals surface area contributed by atoms with E-state index in [0.29, 0.717) is 25.0 Å². The van der Waals surface area contributed by atoms with Gasteiger partial charge in [0.1, 0.15) is 0 Å². The molecule has 1 fully saturated rings. The highest BCUT2D eigenvalue weighted by Crippen LogP contribution is 2.18. The quantitative estimate of drug-likeness (QED) is 0.814. The van der Waals surface area contributed by atoms with E-state index in [9.17, 15) is 4.79 Å². The molecule has 1 aromatic heterocycles. The Morgan fingerprint density at radius 1 is 1.50 bits per heavy atom. The Morgan fingerprint density at radius 2 is 2.28 bits per heavy atom. The fraction of sp³-hybridized carbons (Fsp3) is 0.692. The molecule has 2 rings (SSSR count). The smallest absolute Gasteiger partial charge is 0.360 e. The third-order valence-corrected chi connectivity index (χ3v) is 3.21. The molecule has 0 atom stereocenters. The van der Waals surface area contributed by atoms with Gasteiger partial charge in [-0.1, -0.05) is 24.4 Å². The van der Waals surface area contributed by atoms with Crippen molar-refractivity contribution in [2.24, 2.45) is 0 Å². The summed E-state index contributed by atoms with van der Waals surface area (Å²) in [7, 11) is 0. The Labute approximate surface area is 107 Å². The van der Waals surface area contributed by atoms with E-state index in [2.05, 4.69) is 10.5 Å². The summed E-state index contributed by atoms with van der Waals surface area (Å²) >= 11 is 0. The van der Waals surface area contributed by atoms with Gasteiger partial charge in [-0.15, -0.1) is 0 Å². The lowest BCUT2D eigenvalue weighted by molar-refractivity contribution is 0.0514. The number of ether oxygens (including phenoxy) is 1. The van der Waals surface area contributed by atoms with Crippen LogP contribution in [-0.2, 0) is 11.3 Å². The number of carbonyl (C=O) groups excluding carboxylic acids is 1. The fourth-order valence-corrected chi connectivity index (χ4v) is 2.25. The van der Waals surface area contributed by atoms with Gasteiger partial charge in [-0.25, -0.2) is 4.79 Å². The van der Waals surface area contributed by atoms with Gasteiger partial charge >= 0.3 is 5.97 Å². The minimum atomic E-state index is -0.426. The minimum absolute atomic E-state index is 0.247. The molecule has 0 amide bonds. The largest absolute Gasteiger partial charge is 0.461 e. The van der Waals surface area contributed by atoms with E-state index < -0.39 is 5.97 Å². The van der Waals surface area contributed by atoms with Gasteiger partial charge in [0.2, 0.25) is 0 Å². The van der Waals surface area contributed by atoms with Gasteiger partial charge in [0, 0.05) is 12.1 Å². The molecular formula is C13H20N2O3. The highest BCUT2D eigenvalue weighted by molar-refractivity contribution is 5.87. The zero-order valence-electron chi connectivity index (χ0n) is 10.8. The number of carbonyl (C=O) groups is 1. The van der Waals surface area contributed by atoms with Gasteiger partial charge < -0.3 is 14.6 Å². The summed E-state index contributed by atoms with van der Waals surface area (Å²) in [4.78, 5) is 11.4. The summed E-state index contributed by atoms with van der Waals surface area (Å²) in [6, 6.07) is 2.21. The van der Waals surface area contributed by atoms with Crippen LogP contribution in [0.3, 0.4) is 0 Å². The molecule has 1 aromatic rings. The van der Waals surface area contributed by atoms with Crippen molar-refractivity contribution in [2.45, 2.75) is 51.6 Å². The van der Waals surface area contributed by atoms with Crippen molar-refractivity contribution in [1.29, 1.82) is 0 Å². The minimum Gasteiger partial charge on any atom is -0.461 e. The van der Waals surface area contributed by atoms with E-state index in [4.69, 9.17) is 9.26 Å². The van der Waals surface area contributed by atoms with Crippen molar-refractivity contribution < 1.29 is 14.1 Å². The summed E-state index contributed by atoms with van der Waals surface area (Å²) in [5.74, 6) is 0.258. The highest BCUT2D eigenvalue weighted by atomic mass is 16.5. The van der Waals surface area contributed by atoms with Crippen molar-refractivity contribution in [3.8, 4) is 0 Å². The zero-order chi connectivity index (χ0) is 12.8. The molecule has 0 bridgehead atoms. The lowest BCUT2D eigenvalue weighted by Crippen LogP contribution is -2.30. The zero-order valence-corrected chi connectivity index (χ0v) is 10.8. The predicted octanol–water partition coefficient (Wildman–Crippen LogP) is 2.27. The first-order valence-corrected chi connectivity index (χ1v) is 6.65. The second kappa shape index (κ2) is 6.54. The maximum Gasteiger partial charge on any atom is 0.360 e. The first-order chi connectivity index (χ1) is 8.79. The molecule has 0 aromatic carbocycles. The molecule has 1 saturated carbocycles. The monoisotopic (exact) mass is 252 g/mol. The van der Waals surface area contributed by atoms with Crippen LogP contribution in [0.5, 0.6) is 0 Å². The number of hydrogen-bond acceptors (Lipinski definition) is 5. The van der Waals surface area contributed by atoms with Crippen LogP contribution in [0.2, 0.25) is 0 Å². The summed E-state index contributed by atoms with van der Waals surface area (Å²) in [6.45, 7) is 2.74. The maximum absolute atomic E-state index is 11.4. The second-order valence-electron chi connectivity index (χ2n) is 4.61. The molecule has 0 aliphatic heterocycles. The molecule has 1 aliphatic carbocycles. The number of nitrogens with one attached hydrogen (secondary N) is 1. The van der Waals surface area contributed by atoms with Gasteiger partial charge in [-0.05, 0) is 19.8 Å². The number of rotatable bonds is 5. The van der Waals surface area contributed by atoms with Crippen molar-refractivity contribution >= 4 is 5.97 Å². The fourth-order valence-electron chi connectivity index (χ4n) is 2.25. The molecule has 18 heavy (non-hydrogen) atoms. The topological polar surface area (TPSA) is 64.4 Å². The van der Waals surface area contributed by atoms with E-state index in [1.54, 1.807) is 13.0 Å². The summed E-state index contributed by atoms with van der Waals surface area (Å²) in [6.07, 6.45) is 6.37. The summed E-state index contributed by atoms with van der Waals surface area (Å²) in [5, 5.41) is 7.15. The van der Waals surface area contributed by atoms with E-state index in [1.165, 1.54) is 32.1 Å². The standard InChI is InChI=1S/C13H20N2O3/c1-2-17-13(16)12-8-11(18-15-12)9-14-10-6-4-3-5-7-10/h8,10,14H,2-7,9H2,1H3. The number of hydrogen-bond donors (Lipinski definition) is 1. The highest BCUT2D eigenvalue weighted by Gasteiger charge is 2.16. The van der Waals surface area contributed by atoms with Crippen molar-refractivity contribution in [2.75, 3.05) is 6.61 Å². The normalized spacial score (nSPS) is 16.7. The molecular weight excluding hydrogens is 232 g/mol. The van der Waals surface area contributed by atoms with Crippen LogP contribution < -0.4 is 5.32 Å². The van der Waals surface area contributed by atoms with E-state index in [1.807, 2.05) is 0 Å². The molecule has 5 nitrogen and oxygen atoms in total. The Balaban J connectivity index is 1.80. The lowest BCUT2D eigenvalue weighted by atomic mass is 9.95. The van der Waals surface area contributed by atoms with Crippen LogP contribution in [0.15, 0.2) is 10.6 Å². The average Bonchev–Trinajstić information content (AvgIpc) is 2.87. The van der Waals surface area contributed by atoms with Crippen LogP contribution in [0.4, 0.5) is 0 Å². The Hall–Kier alpha value is -1.36. The van der Waals surface area contributed by atoms with E-state index in [0.717, 1.165) is 0 Å². The molecule has 0 unspecified atom stereocenters. The first kappa shape index (κ1) is 13.1. The van der Waals surface area contributed by atoms with Crippen LogP contribution >= 0.6 is 0 Å². The summed E-state index contributed by atoms with van der Waals surface area (Å²) < 4.78 is 9.96. The Kier molecular flexibility index (Phi) is 4.75. The number of aromatic nitrogens is 1. The molecule has 0 radical (unpaired) electrons. The Bertz CT molecular complexity index is 383. The molecule has 1 N–H and O–H groups in total. The first-order valence-electron chi connectivity index (χ1n) is 6.65. The number of nitrogens with zero attached hydrogens (tertiary/aromatic N) is 1. The average molecular weight is 252 g/mol. The van der Waals surface area contributed by atoms with Gasteiger partial charge in [-0.2, -0.15) is 0 Å². The van der Waals surface area contributed by atoms with Crippen molar-refractivity contribution in [3.05, 3.63) is 17.5 Å². The molecule has 1 heterocycles. The molecule has 0 spiro atoms.